The first-order valence-electron chi connectivity index (χ1n) is 4.34. The number of aromatic nitrogens is 2. The molecule has 0 aliphatic carbocycles. The lowest BCUT2D eigenvalue weighted by Gasteiger charge is -1.99. The van der Waals surface area contributed by atoms with E-state index in [-0.39, 0.29) is 5.69 Å². The van der Waals surface area contributed by atoms with Gasteiger partial charge in [0.1, 0.15) is 12.1 Å². The van der Waals surface area contributed by atoms with E-state index in [0.717, 1.165) is 8.66 Å². The molecule has 0 unspecified atom stereocenters. The highest BCUT2D eigenvalue weighted by molar-refractivity contribution is 9.11. The van der Waals surface area contributed by atoms with Gasteiger partial charge in [0.05, 0.1) is 16.7 Å². The zero-order chi connectivity index (χ0) is 11.5. The maximum absolute atomic E-state index is 8.93. The van der Waals surface area contributed by atoms with E-state index in [4.69, 9.17) is 10.5 Å². The van der Waals surface area contributed by atoms with Crippen molar-refractivity contribution in [2.75, 3.05) is 0 Å². The molecule has 0 N–H and O–H groups in total. The van der Waals surface area contributed by atoms with Crippen LogP contribution in [-0.2, 0) is 6.54 Å². The maximum atomic E-state index is 8.93. The Morgan fingerprint density at radius 3 is 2.75 bits per heavy atom. The second-order valence-electron chi connectivity index (χ2n) is 3.00. The van der Waals surface area contributed by atoms with E-state index in [1.165, 1.54) is 6.33 Å². The van der Waals surface area contributed by atoms with Crippen molar-refractivity contribution < 1.29 is 0 Å². The molecule has 0 saturated heterocycles. The number of imidazole rings is 1. The molecule has 16 heavy (non-hydrogen) atoms. The molecule has 2 aromatic heterocycles. The molecular weight excluding hydrogens is 288 g/mol. The molecule has 0 aliphatic heterocycles. The summed E-state index contributed by atoms with van der Waals surface area (Å²) < 4.78 is 2.72. The predicted molar refractivity (Wildman–Crippen MR) is 62.8 cm³/mol. The van der Waals surface area contributed by atoms with E-state index in [0.29, 0.717) is 12.2 Å². The van der Waals surface area contributed by atoms with Gasteiger partial charge in [-0.15, -0.1) is 11.3 Å². The lowest BCUT2D eigenvalue weighted by atomic mass is 10.3. The third-order valence-electron chi connectivity index (χ3n) is 2.00. The molecular formula is C10H5BrN4S. The number of hydrogen-bond acceptors (Lipinski definition) is 4. The first-order chi connectivity index (χ1) is 7.74. The minimum Gasteiger partial charge on any atom is -0.316 e. The molecule has 0 amide bonds. The Morgan fingerprint density at radius 2 is 2.19 bits per heavy atom. The standard InChI is InChI=1S/C10H5BrN4S/c11-10-2-1-7(16-10)5-15-6-14-8(3-12)9(15)4-13/h1-2,6H,5H2. The first kappa shape index (κ1) is 10.9. The molecule has 0 fully saturated rings. The topological polar surface area (TPSA) is 65.4 Å². The van der Waals surface area contributed by atoms with Gasteiger partial charge >= 0.3 is 0 Å². The van der Waals surface area contributed by atoms with Gasteiger partial charge in [0, 0.05) is 4.88 Å². The van der Waals surface area contributed by atoms with Crippen molar-refractivity contribution >= 4 is 27.3 Å². The fourth-order valence-electron chi connectivity index (χ4n) is 1.31. The molecule has 2 heterocycles. The molecule has 78 valence electrons. The van der Waals surface area contributed by atoms with Crippen LogP contribution >= 0.6 is 27.3 Å². The fraction of sp³-hybridized carbons (Fsp3) is 0.100. The Kier molecular flexibility index (Phi) is 3.04. The van der Waals surface area contributed by atoms with E-state index in [2.05, 4.69) is 20.9 Å². The summed E-state index contributed by atoms with van der Waals surface area (Å²) in [6.45, 7) is 0.563. The van der Waals surface area contributed by atoms with Crippen molar-refractivity contribution in [3.8, 4) is 12.1 Å². The van der Waals surface area contributed by atoms with Crippen LogP contribution in [0.25, 0.3) is 0 Å². The molecule has 0 bridgehead atoms. The summed E-state index contributed by atoms with van der Waals surface area (Å²) in [4.78, 5) is 4.98. The highest BCUT2D eigenvalue weighted by Gasteiger charge is 2.10. The van der Waals surface area contributed by atoms with Crippen LogP contribution in [0.5, 0.6) is 0 Å². The minimum atomic E-state index is 0.179. The minimum absolute atomic E-state index is 0.179. The van der Waals surface area contributed by atoms with E-state index in [9.17, 15) is 0 Å². The second kappa shape index (κ2) is 4.48. The number of halogens is 1. The third kappa shape index (κ3) is 1.99. The summed E-state index contributed by atoms with van der Waals surface area (Å²) in [7, 11) is 0. The van der Waals surface area contributed by atoms with E-state index >= 15 is 0 Å². The average molecular weight is 293 g/mol. The summed E-state index contributed by atoms with van der Waals surface area (Å²) in [5, 5.41) is 17.7. The van der Waals surface area contributed by atoms with Crippen molar-refractivity contribution in [1.29, 1.82) is 10.5 Å². The Labute approximate surface area is 105 Å². The van der Waals surface area contributed by atoms with Gasteiger partial charge < -0.3 is 4.57 Å². The van der Waals surface area contributed by atoms with Gasteiger partial charge in [-0.2, -0.15) is 10.5 Å². The smallest absolute Gasteiger partial charge is 0.176 e. The van der Waals surface area contributed by atoms with Crippen LogP contribution in [0.3, 0.4) is 0 Å². The molecule has 6 heteroatoms. The number of nitrogens with zero attached hydrogens (tertiary/aromatic N) is 4. The summed E-state index contributed by atoms with van der Waals surface area (Å²) in [6.07, 6.45) is 1.52. The van der Waals surface area contributed by atoms with Gasteiger partial charge in [-0.05, 0) is 28.1 Å². The summed E-state index contributed by atoms with van der Waals surface area (Å²) in [6, 6.07) is 7.82. The number of rotatable bonds is 2. The van der Waals surface area contributed by atoms with Crippen molar-refractivity contribution in [2.45, 2.75) is 6.54 Å². The van der Waals surface area contributed by atoms with Crippen LogP contribution in [0.1, 0.15) is 16.3 Å². The summed E-state index contributed by atoms with van der Waals surface area (Å²) in [5.74, 6) is 0. The number of hydrogen-bond donors (Lipinski definition) is 0. The highest BCUT2D eigenvalue weighted by atomic mass is 79.9. The van der Waals surface area contributed by atoms with Gasteiger partial charge in [-0.3, -0.25) is 0 Å². The van der Waals surface area contributed by atoms with Crippen LogP contribution in [0.4, 0.5) is 0 Å². The number of thiophene rings is 1. The molecule has 4 nitrogen and oxygen atoms in total. The molecule has 0 aliphatic rings. The van der Waals surface area contributed by atoms with Crippen molar-refractivity contribution in [3.63, 3.8) is 0 Å². The number of nitriles is 2. The Hall–Kier alpha value is -1.63. The fourth-order valence-corrected chi connectivity index (χ4v) is 2.79. The zero-order valence-electron chi connectivity index (χ0n) is 8.01. The maximum Gasteiger partial charge on any atom is 0.176 e. The third-order valence-corrected chi connectivity index (χ3v) is 3.61. The Bertz CT molecular complexity index is 599. The monoisotopic (exact) mass is 292 g/mol. The van der Waals surface area contributed by atoms with E-state index in [1.807, 2.05) is 24.3 Å². The van der Waals surface area contributed by atoms with Crippen LogP contribution in [0.2, 0.25) is 0 Å². The molecule has 0 spiro atoms. The lowest BCUT2D eigenvalue weighted by Crippen LogP contribution is -1.99. The molecule has 0 saturated carbocycles. The van der Waals surface area contributed by atoms with Gasteiger partial charge in [0.2, 0.25) is 0 Å². The van der Waals surface area contributed by atoms with Crippen LogP contribution < -0.4 is 0 Å². The SMILES string of the molecule is N#Cc1ncn(Cc2ccc(Br)s2)c1C#N. The molecule has 2 rings (SSSR count). The summed E-state index contributed by atoms with van der Waals surface area (Å²) in [5.41, 5.74) is 0.491. The molecule has 0 atom stereocenters. The van der Waals surface area contributed by atoms with Gasteiger partial charge in [-0.1, -0.05) is 0 Å². The van der Waals surface area contributed by atoms with Crippen molar-refractivity contribution in [2.24, 2.45) is 0 Å². The second-order valence-corrected chi connectivity index (χ2v) is 5.55. The van der Waals surface area contributed by atoms with Gasteiger partial charge in [-0.25, -0.2) is 4.98 Å². The predicted octanol–water partition coefficient (Wildman–Crippen LogP) is 2.50. The quantitative estimate of drug-likeness (QED) is 0.854. The summed E-state index contributed by atoms with van der Waals surface area (Å²) >= 11 is 4.97. The highest BCUT2D eigenvalue weighted by Crippen LogP contribution is 2.23. The Morgan fingerprint density at radius 1 is 1.38 bits per heavy atom. The largest absolute Gasteiger partial charge is 0.316 e. The van der Waals surface area contributed by atoms with Crippen LogP contribution in [0.15, 0.2) is 22.2 Å². The van der Waals surface area contributed by atoms with E-state index < -0.39 is 0 Å². The van der Waals surface area contributed by atoms with Crippen LogP contribution in [0, 0.1) is 22.7 Å². The normalized spacial score (nSPS) is 9.69. The van der Waals surface area contributed by atoms with E-state index in [1.54, 1.807) is 15.9 Å². The van der Waals surface area contributed by atoms with Crippen molar-refractivity contribution in [1.82, 2.24) is 9.55 Å². The lowest BCUT2D eigenvalue weighted by molar-refractivity contribution is 0.797. The average Bonchev–Trinajstić information content (AvgIpc) is 2.85. The molecule has 0 aromatic carbocycles. The van der Waals surface area contributed by atoms with Gasteiger partial charge in [0.15, 0.2) is 11.4 Å². The Balaban J connectivity index is 2.33. The molecule has 0 radical (unpaired) electrons. The first-order valence-corrected chi connectivity index (χ1v) is 5.95. The van der Waals surface area contributed by atoms with Gasteiger partial charge in [0.25, 0.3) is 0 Å². The zero-order valence-corrected chi connectivity index (χ0v) is 10.4. The van der Waals surface area contributed by atoms with Crippen LogP contribution in [-0.4, -0.2) is 9.55 Å². The van der Waals surface area contributed by atoms with Crippen molar-refractivity contribution in [3.05, 3.63) is 38.5 Å². The molecule has 2 aromatic rings.